The number of nitrogens with zero attached hydrogens (tertiary/aromatic N) is 4. The summed E-state index contributed by atoms with van der Waals surface area (Å²) in [5, 5.41) is 7.32. The number of rotatable bonds is 4. The van der Waals surface area contributed by atoms with Crippen molar-refractivity contribution in [2.45, 2.75) is 13.8 Å². The second-order valence-corrected chi connectivity index (χ2v) is 3.57. The lowest BCUT2D eigenvalue weighted by atomic mass is 10.5. The quantitative estimate of drug-likeness (QED) is 0.870. The van der Waals surface area contributed by atoms with Gasteiger partial charge in [0.05, 0.1) is 6.61 Å². The number of ether oxygens (including phenoxy) is 1. The zero-order valence-electron chi connectivity index (χ0n) is 10.1. The van der Waals surface area contributed by atoms with Gasteiger partial charge in [-0.2, -0.15) is 10.1 Å². The van der Waals surface area contributed by atoms with Crippen molar-refractivity contribution in [2.24, 2.45) is 7.05 Å². The SMILES string of the molecule is CCOc1cc(Nc2ccn(C)n2)nc(C)n1. The minimum absolute atomic E-state index is 0.568. The Kier molecular flexibility index (Phi) is 3.22. The molecule has 90 valence electrons. The molecule has 6 nitrogen and oxygen atoms in total. The van der Waals surface area contributed by atoms with Gasteiger partial charge in [0.15, 0.2) is 5.82 Å². The van der Waals surface area contributed by atoms with Gasteiger partial charge in [0.2, 0.25) is 5.88 Å². The summed E-state index contributed by atoms with van der Waals surface area (Å²) in [5.41, 5.74) is 0. The molecule has 0 amide bonds. The summed E-state index contributed by atoms with van der Waals surface area (Å²) in [5.74, 6) is 2.65. The molecule has 0 aliphatic rings. The van der Waals surface area contributed by atoms with Crippen molar-refractivity contribution < 1.29 is 4.74 Å². The van der Waals surface area contributed by atoms with Gasteiger partial charge >= 0.3 is 0 Å². The number of hydrogen-bond donors (Lipinski definition) is 1. The minimum atomic E-state index is 0.568. The van der Waals surface area contributed by atoms with Crippen LogP contribution in [-0.2, 0) is 7.05 Å². The van der Waals surface area contributed by atoms with E-state index >= 15 is 0 Å². The molecule has 0 spiro atoms. The predicted molar refractivity (Wildman–Crippen MR) is 64.4 cm³/mol. The first-order valence-corrected chi connectivity index (χ1v) is 5.42. The minimum Gasteiger partial charge on any atom is -0.478 e. The van der Waals surface area contributed by atoms with Crippen molar-refractivity contribution in [1.82, 2.24) is 19.7 Å². The van der Waals surface area contributed by atoms with Gasteiger partial charge in [0.1, 0.15) is 11.6 Å². The first-order valence-electron chi connectivity index (χ1n) is 5.42. The summed E-state index contributed by atoms with van der Waals surface area (Å²) in [7, 11) is 1.86. The highest BCUT2D eigenvalue weighted by molar-refractivity contribution is 5.52. The van der Waals surface area contributed by atoms with E-state index in [9.17, 15) is 0 Å². The number of aromatic nitrogens is 4. The van der Waals surface area contributed by atoms with Crippen LogP contribution in [0.1, 0.15) is 12.7 Å². The summed E-state index contributed by atoms with van der Waals surface area (Å²) in [6, 6.07) is 3.63. The van der Waals surface area contributed by atoms with Crippen LogP contribution < -0.4 is 10.1 Å². The largest absolute Gasteiger partial charge is 0.478 e. The van der Waals surface area contributed by atoms with E-state index in [1.165, 1.54) is 0 Å². The second-order valence-electron chi connectivity index (χ2n) is 3.57. The van der Waals surface area contributed by atoms with Crippen LogP contribution in [0.2, 0.25) is 0 Å². The van der Waals surface area contributed by atoms with Gasteiger partial charge in [-0.05, 0) is 13.8 Å². The van der Waals surface area contributed by atoms with Crippen LogP contribution >= 0.6 is 0 Å². The molecule has 2 aromatic heterocycles. The second kappa shape index (κ2) is 4.82. The molecule has 0 fully saturated rings. The van der Waals surface area contributed by atoms with Gasteiger partial charge in [-0.1, -0.05) is 0 Å². The fourth-order valence-electron chi connectivity index (χ4n) is 1.44. The number of anilines is 2. The first kappa shape index (κ1) is 11.4. The Morgan fingerprint density at radius 2 is 2.18 bits per heavy atom. The van der Waals surface area contributed by atoms with Gasteiger partial charge in [0, 0.05) is 25.4 Å². The smallest absolute Gasteiger partial charge is 0.218 e. The monoisotopic (exact) mass is 233 g/mol. The molecule has 0 aliphatic carbocycles. The predicted octanol–water partition coefficient (Wildman–Crippen LogP) is 1.66. The van der Waals surface area contributed by atoms with Crippen molar-refractivity contribution in [3.63, 3.8) is 0 Å². The summed E-state index contributed by atoms with van der Waals surface area (Å²) in [4.78, 5) is 8.44. The maximum absolute atomic E-state index is 5.35. The fourth-order valence-corrected chi connectivity index (χ4v) is 1.44. The highest BCUT2D eigenvalue weighted by atomic mass is 16.5. The summed E-state index contributed by atoms with van der Waals surface area (Å²) in [6.07, 6.45) is 1.86. The number of aryl methyl sites for hydroxylation is 2. The Labute approximate surface area is 99.7 Å². The van der Waals surface area contributed by atoms with Crippen LogP contribution in [0.25, 0.3) is 0 Å². The van der Waals surface area contributed by atoms with E-state index in [1.807, 2.05) is 33.2 Å². The Morgan fingerprint density at radius 3 is 2.82 bits per heavy atom. The third kappa shape index (κ3) is 2.93. The maximum Gasteiger partial charge on any atom is 0.218 e. The molecule has 6 heteroatoms. The molecule has 1 N–H and O–H groups in total. The Morgan fingerprint density at radius 1 is 1.35 bits per heavy atom. The Balaban J connectivity index is 2.20. The van der Waals surface area contributed by atoms with E-state index in [1.54, 1.807) is 10.7 Å². The van der Waals surface area contributed by atoms with Crippen molar-refractivity contribution in [3.8, 4) is 5.88 Å². The topological polar surface area (TPSA) is 64.9 Å². The van der Waals surface area contributed by atoms with Gasteiger partial charge in [-0.3, -0.25) is 4.68 Å². The zero-order chi connectivity index (χ0) is 12.3. The average molecular weight is 233 g/mol. The molecule has 0 bridgehead atoms. The molecule has 2 rings (SSSR count). The first-order chi connectivity index (χ1) is 8.17. The third-order valence-corrected chi connectivity index (χ3v) is 2.08. The number of hydrogen-bond acceptors (Lipinski definition) is 5. The molecule has 0 aliphatic heterocycles. The zero-order valence-corrected chi connectivity index (χ0v) is 10.1. The van der Waals surface area contributed by atoms with E-state index in [0.717, 1.165) is 5.82 Å². The van der Waals surface area contributed by atoms with Crippen LogP contribution in [0.4, 0.5) is 11.6 Å². The Hall–Kier alpha value is -2.11. The van der Waals surface area contributed by atoms with Crippen LogP contribution in [0.15, 0.2) is 18.3 Å². The summed E-state index contributed by atoms with van der Waals surface area (Å²) >= 11 is 0. The standard InChI is InChI=1S/C11H15N5O/c1-4-17-11-7-10(12-8(2)13-11)14-9-5-6-16(3)15-9/h5-7H,4H2,1-3H3,(H,12,13,14,15). The van der Waals surface area contributed by atoms with Crippen molar-refractivity contribution in [1.29, 1.82) is 0 Å². The van der Waals surface area contributed by atoms with E-state index in [0.29, 0.717) is 24.1 Å². The maximum atomic E-state index is 5.35. The van der Waals surface area contributed by atoms with Crippen LogP contribution in [0, 0.1) is 6.92 Å². The highest BCUT2D eigenvalue weighted by Crippen LogP contribution is 2.16. The fraction of sp³-hybridized carbons (Fsp3) is 0.364. The van der Waals surface area contributed by atoms with Gasteiger partial charge < -0.3 is 10.1 Å². The van der Waals surface area contributed by atoms with Crippen molar-refractivity contribution >= 4 is 11.6 Å². The van der Waals surface area contributed by atoms with Crippen LogP contribution in [-0.4, -0.2) is 26.4 Å². The molecule has 0 unspecified atom stereocenters. The molecular weight excluding hydrogens is 218 g/mol. The lowest BCUT2D eigenvalue weighted by Gasteiger charge is -2.06. The van der Waals surface area contributed by atoms with E-state index in [-0.39, 0.29) is 0 Å². The highest BCUT2D eigenvalue weighted by Gasteiger charge is 2.04. The van der Waals surface area contributed by atoms with Crippen LogP contribution in [0.3, 0.4) is 0 Å². The average Bonchev–Trinajstić information content (AvgIpc) is 2.63. The van der Waals surface area contributed by atoms with E-state index in [4.69, 9.17) is 4.74 Å². The van der Waals surface area contributed by atoms with Crippen molar-refractivity contribution in [2.75, 3.05) is 11.9 Å². The molecule has 0 radical (unpaired) electrons. The van der Waals surface area contributed by atoms with Crippen molar-refractivity contribution in [3.05, 3.63) is 24.2 Å². The molecule has 17 heavy (non-hydrogen) atoms. The molecule has 0 aromatic carbocycles. The lowest BCUT2D eigenvalue weighted by Crippen LogP contribution is -2.02. The third-order valence-electron chi connectivity index (χ3n) is 2.08. The van der Waals surface area contributed by atoms with Crippen LogP contribution in [0.5, 0.6) is 5.88 Å². The molecular formula is C11H15N5O. The number of nitrogens with one attached hydrogen (secondary N) is 1. The van der Waals surface area contributed by atoms with E-state index < -0.39 is 0 Å². The summed E-state index contributed by atoms with van der Waals surface area (Å²) < 4.78 is 7.08. The Bertz CT molecular complexity index is 508. The molecule has 0 saturated heterocycles. The lowest BCUT2D eigenvalue weighted by molar-refractivity contribution is 0.325. The van der Waals surface area contributed by atoms with Gasteiger partial charge in [-0.15, -0.1) is 0 Å². The van der Waals surface area contributed by atoms with Gasteiger partial charge in [-0.25, -0.2) is 4.98 Å². The van der Waals surface area contributed by atoms with E-state index in [2.05, 4.69) is 20.4 Å². The molecule has 2 heterocycles. The normalized spacial score (nSPS) is 10.3. The van der Waals surface area contributed by atoms with Gasteiger partial charge in [0.25, 0.3) is 0 Å². The molecule has 2 aromatic rings. The molecule has 0 saturated carbocycles. The summed E-state index contributed by atoms with van der Waals surface area (Å²) in [6.45, 7) is 4.33. The molecule has 0 atom stereocenters.